The highest BCUT2D eigenvalue weighted by molar-refractivity contribution is 5.69. The normalized spacial score (nSPS) is 14.6. The second-order valence-electron chi connectivity index (χ2n) is 5.40. The maximum absolute atomic E-state index is 11.1. The van der Waals surface area contributed by atoms with Crippen molar-refractivity contribution < 1.29 is 9.90 Å². The standard InChI is InChI=1S/C15H27N3O2/c1-7-10(3)17(9-14(19)20)12(5)15-11(4)16-18(8-2)13(15)6/h10,12H,7-9H2,1-6H3,(H,19,20). The molecule has 0 saturated carbocycles. The number of carboxylic acid groups (broad SMARTS) is 1. The fourth-order valence-corrected chi connectivity index (χ4v) is 2.85. The van der Waals surface area contributed by atoms with Crippen LogP contribution >= 0.6 is 0 Å². The first-order valence-corrected chi connectivity index (χ1v) is 7.34. The van der Waals surface area contributed by atoms with Gasteiger partial charge in [-0.3, -0.25) is 14.4 Å². The third-order valence-corrected chi connectivity index (χ3v) is 4.13. The SMILES string of the molecule is CCC(C)N(CC(=O)O)C(C)c1c(C)nn(CC)c1C. The number of rotatable bonds is 7. The van der Waals surface area contributed by atoms with E-state index in [2.05, 4.69) is 39.7 Å². The summed E-state index contributed by atoms with van der Waals surface area (Å²) in [5.41, 5.74) is 3.29. The highest BCUT2D eigenvalue weighted by Gasteiger charge is 2.27. The lowest BCUT2D eigenvalue weighted by atomic mass is 10.0. The molecule has 0 aliphatic rings. The van der Waals surface area contributed by atoms with Gasteiger partial charge in [0.25, 0.3) is 0 Å². The zero-order valence-electron chi connectivity index (χ0n) is 13.5. The third kappa shape index (κ3) is 3.39. The molecule has 0 radical (unpaired) electrons. The third-order valence-electron chi connectivity index (χ3n) is 4.13. The van der Waals surface area contributed by atoms with Crippen molar-refractivity contribution in [2.75, 3.05) is 6.54 Å². The Morgan fingerprint density at radius 2 is 1.95 bits per heavy atom. The van der Waals surface area contributed by atoms with Crippen LogP contribution in [0.2, 0.25) is 0 Å². The van der Waals surface area contributed by atoms with E-state index in [1.54, 1.807) is 0 Å². The molecule has 1 aromatic heterocycles. The van der Waals surface area contributed by atoms with Gasteiger partial charge in [0, 0.05) is 29.9 Å². The van der Waals surface area contributed by atoms with Gasteiger partial charge < -0.3 is 5.11 Å². The van der Waals surface area contributed by atoms with Gasteiger partial charge in [-0.1, -0.05) is 6.92 Å². The largest absolute Gasteiger partial charge is 0.480 e. The van der Waals surface area contributed by atoms with Gasteiger partial charge in [0.05, 0.1) is 12.2 Å². The summed E-state index contributed by atoms with van der Waals surface area (Å²) in [6, 6.07) is 0.284. The monoisotopic (exact) mass is 281 g/mol. The fraction of sp³-hybridized carbons (Fsp3) is 0.733. The number of carbonyl (C=O) groups is 1. The zero-order valence-corrected chi connectivity index (χ0v) is 13.5. The number of hydrogen-bond donors (Lipinski definition) is 1. The molecule has 0 bridgehead atoms. The summed E-state index contributed by atoms with van der Waals surface area (Å²) in [5.74, 6) is -0.782. The molecule has 0 saturated heterocycles. The van der Waals surface area contributed by atoms with Crippen LogP contribution in [0.25, 0.3) is 0 Å². The van der Waals surface area contributed by atoms with E-state index in [9.17, 15) is 4.79 Å². The maximum atomic E-state index is 11.1. The van der Waals surface area contributed by atoms with E-state index in [1.165, 1.54) is 0 Å². The first-order valence-electron chi connectivity index (χ1n) is 7.34. The van der Waals surface area contributed by atoms with Gasteiger partial charge in [-0.15, -0.1) is 0 Å². The van der Waals surface area contributed by atoms with Gasteiger partial charge in [0.2, 0.25) is 0 Å². The Morgan fingerprint density at radius 3 is 2.35 bits per heavy atom. The summed E-state index contributed by atoms with van der Waals surface area (Å²) in [5, 5.41) is 13.7. The van der Waals surface area contributed by atoms with Crippen molar-refractivity contribution in [3.05, 3.63) is 17.0 Å². The number of nitrogens with zero attached hydrogens (tertiary/aromatic N) is 3. The van der Waals surface area contributed by atoms with E-state index in [0.29, 0.717) is 0 Å². The van der Waals surface area contributed by atoms with Crippen molar-refractivity contribution in [1.29, 1.82) is 0 Å². The van der Waals surface area contributed by atoms with Crippen molar-refractivity contribution in [1.82, 2.24) is 14.7 Å². The molecule has 0 aliphatic heterocycles. The first-order chi connectivity index (χ1) is 9.33. The molecule has 2 unspecified atom stereocenters. The Hall–Kier alpha value is -1.36. The number of aryl methyl sites for hydroxylation is 2. The van der Waals surface area contributed by atoms with E-state index in [1.807, 2.05) is 16.5 Å². The molecule has 114 valence electrons. The molecule has 0 aliphatic carbocycles. The molecule has 0 aromatic carbocycles. The predicted molar refractivity (Wildman–Crippen MR) is 79.9 cm³/mol. The summed E-state index contributed by atoms with van der Waals surface area (Å²) in [6.45, 7) is 13.3. The van der Waals surface area contributed by atoms with Crippen LogP contribution in [0.1, 0.15) is 57.1 Å². The first kappa shape index (κ1) is 16.7. The highest BCUT2D eigenvalue weighted by Crippen LogP contribution is 2.28. The van der Waals surface area contributed by atoms with Crippen LogP contribution in [0.4, 0.5) is 0 Å². The summed E-state index contributed by atoms with van der Waals surface area (Å²) < 4.78 is 1.98. The average molecular weight is 281 g/mol. The van der Waals surface area contributed by atoms with Gasteiger partial charge in [-0.25, -0.2) is 0 Å². The molecular weight excluding hydrogens is 254 g/mol. The van der Waals surface area contributed by atoms with Crippen molar-refractivity contribution in [3.63, 3.8) is 0 Å². The van der Waals surface area contributed by atoms with E-state index in [-0.39, 0.29) is 18.6 Å². The van der Waals surface area contributed by atoms with Gasteiger partial charge in [-0.2, -0.15) is 5.10 Å². The van der Waals surface area contributed by atoms with Gasteiger partial charge >= 0.3 is 5.97 Å². The molecule has 1 rings (SSSR count). The van der Waals surface area contributed by atoms with Crippen LogP contribution < -0.4 is 0 Å². The lowest BCUT2D eigenvalue weighted by molar-refractivity contribution is -0.139. The maximum Gasteiger partial charge on any atom is 0.317 e. The Labute approximate surface area is 121 Å². The zero-order chi connectivity index (χ0) is 15.4. The van der Waals surface area contributed by atoms with Crippen LogP contribution in [0, 0.1) is 13.8 Å². The predicted octanol–water partition coefficient (Wildman–Crippen LogP) is 2.77. The lowest BCUT2D eigenvalue weighted by Gasteiger charge is -2.33. The van der Waals surface area contributed by atoms with Crippen molar-refractivity contribution >= 4 is 5.97 Å². The minimum Gasteiger partial charge on any atom is -0.480 e. The number of hydrogen-bond acceptors (Lipinski definition) is 3. The molecule has 1 heterocycles. The molecule has 2 atom stereocenters. The summed E-state index contributed by atoms with van der Waals surface area (Å²) in [7, 11) is 0. The summed E-state index contributed by atoms with van der Waals surface area (Å²) in [6.07, 6.45) is 0.928. The quantitative estimate of drug-likeness (QED) is 0.835. The topological polar surface area (TPSA) is 58.4 Å². The van der Waals surface area contributed by atoms with Crippen LogP contribution in [-0.4, -0.2) is 38.3 Å². The van der Waals surface area contributed by atoms with Crippen molar-refractivity contribution in [3.8, 4) is 0 Å². The molecule has 1 N–H and O–H groups in total. The molecular formula is C15H27N3O2. The summed E-state index contributed by atoms with van der Waals surface area (Å²) >= 11 is 0. The Bertz CT molecular complexity index is 468. The molecule has 0 fully saturated rings. The van der Waals surface area contributed by atoms with Gasteiger partial charge in [0.15, 0.2) is 0 Å². The van der Waals surface area contributed by atoms with Crippen molar-refractivity contribution in [2.24, 2.45) is 0 Å². The van der Waals surface area contributed by atoms with Gasteiger partial charge in [0.1, 0.15) is 0 Å². The smallest absolute Gasteiger partial charge is 0.317 e. The highest BCUT2D eigenvalue weighted by atomic mass is 16.4. The van der Waals surface area contributed by atoms with Crippen LogP contribution in [-0.2, 0) is 11.3 Å². The summed E-state index contributed by atoms with van der Waals surface area (Å²) in [4.78, 5) is 13.2. The van der Waals surface area contributed by atoms with Crippen LogP contribution in [0.15, 0.2) is 0 Å². The minimum absolute atomic E-state index is 0.0568. The number of carboxylic acids is 1. The van der Waals surface area contributed by atoms with Crippen molar-refractivity contribution in [2.45, 2.75) is 66.6 Å². The average Bonchev–Trinajstić information content (AvgIpc) is 2.68. The van der Waals surface area contributed by atoms with E-state index in [0.717, 1.165) is 29.9 Å². The molecule has 1 aromatic rings. The lowest BCUT2D eigenvalue weighted by Crippen LogP contribution is -2.39. The van der Waals surface area contributed by atoms with E-state index < -0.39 is 5.97 Å². The molecule has 5 heteroatoms. The van der Waals surface area contributed by atoms with E-state index >= 15 is 0 Å². The molecule has 0 spiro atoms. The second-order valence-corrected chi connectivity index (χ2v) is 5.40. The minimum atomic E-state index is -0.782. The van der Waals surface area contributed by atoms with Crippen LogP contribution in [0.3, 0.4) is 0 Å². The van der Waals surface area contributed by atoms with Gasteiger partial charge in [-0.05, 0) is 41.0 Å². The molecule has 5 nitrogen and oxygen atoms in total. The molecule has 20 heavy (non-hydrogen) atoms. The molecule has 0 amide bonds. The number of aliphatic carboxylic acids is 1. The fourth-order valence-electron chi connectivity index (χ4n) is 2.85. The Balaban J connectivity index is 3.14. The Kier molecular flexibility index (Phi) is 5.74. The number of aromatic nitrogens is 2. The van der Waals surface area contributed by atoms with Crippen LogP contribution in [0.5, 0.6) is 0 Å². The Morgan fingerprint density at radius 1 is 1.35 bits per heavy atom. The van der Waals surface area contributed by atoms with E-state index in [4.69, 9.17) is 5.11 Å². The second kappa shape index (κ2) is 6.88.